The quantitative estimate of drug-likeness (QED) is 0.322. The molecule has 0 spiro atoms. The Morgan fingerprint density at radius 1 is 1.55 bits per heavy atom. The smallest absolute Gasteiger partial charge is 0.330 e. The summed E-state index contributed by atoms with van der Waals surface area (Å²) in [5, 5.41) is 11.8. The van der Waals surface area contributed by atoms with Gasteiger partial charge in [0.05, 0.1) is 6.04 Å². The van der Waals surface area contributed by atoms with Gasteiger partial charge in [0.25, 0.3) is 0 Å². The minimum absolute atomic E-state index is 0.341. The number of carbonyl (C=O) groups is 4. The largest absolute Gasteiger partial charge is 0.480 e. The van der Waals surface area contributed by atoms with E-state index >= 15 is 0 Å². The molecule has 0 bridgehead atoms. The van der Waals surface area contributed by atoms with Crippen molar-refractivity contribution in [2.75, 3.05) is 7.11 Å². The van der Waals surface area contributed by atoms with Crippen LogP contribution in [0.4, 0.5) is 0 Å². The number of aldehydes is 2. The van der Waals surface area contributed by atoms with Gasteiger partial charge in [-0.3, -0.25) is 10.1 Å². The van der Waals surface area contributed by atoms with Crippen LogP contribution in [0.3, 0.4) is 0 Å². The number of carboxylic acid groups (broad SMARTS) is 1. The van der Waals surface area contributed by atoms with Crippen LogP contribution >= 0.6 is 11.8 Å². The number of carboxylic acids is 1. The van der Waals surface area contributed by atoms with E-state index in [9.17, 15) is 24.3 Å². The molecule has 4 unspecified atom stereocenters. The Balaban J connectivity index is 1.98. The van der Waals surface area contributed by atoms with Crippen LogP contribution in [0.25, 0.3) is 0 Å². The molecule has 9 heteroatoms. The van der Waals surface area contributed by atoms with Crippen molar-refractivity contribution in [3.63, 3.8) is 0 Å². The lowest BCUT2D eigenvalue weighted by Crippen LogP contribution is -2.70. The molecule has 22 heavy (non-hydrogen) atoms. The van der Waals surface area contributed by atoms with E-state index in [1.54, 1.807) is 0 Å². The van der Waals surface area contributed by atoms with Gasteiger partial charge in [0.15, 0.2) is 6.04 Å². The standard InChI is InChI=1S/C13H18N2O6S/c1-21-13-9(12(19)20)15-10(18)8(11(15)22-13)14-7(6-17)4-2-3-5-16/h5-9,11,13-14H,2-4H2,1H3,(H,19,20)/t7?,8?,9?,11-,13?/m0/s1. The third-order valence-electron chi connectivity index (χ3n) is 3.79. The molecule has 0 radical (unpaired) electrons. The monoisotopic (exact) mass is 330 g/mol. The first-order valence-electron chi connectivity index (χ1n) is 6.93. The summed E-state index contributed by atoms with van der Waals surface area (Å²) in [6.07, 6.45) is 2.87. The summed E-state index contributed by atoms with van der Waals surface area (Å²) >= 11 is 1.26. The highest BCUT2D eigenvalue weighted by molar-refractivity contribution is 8.00. The maximum Gasteiger partial charge on any atom is 0.330 e. The molecule has 0 saturated carbocycles. The number of nitrogens with one attached hydrogen (secondary N) is 1. The second-order valence-electron chi connectivity index (χ2n) is 5.14. The molecular weight excluding hydrogens is 312 g/mol. The van der Waals surface area contributed by atoms with Crippen LogP contribution in [0.2, 0.25) is 0 Å². The predicted molar refractivity (Wildman–Crippen MR) is 77.1 cm³/mol. The molecule has 2 heterocycles. The molecule has 1 amide bonds. The van der Waals surface area contributed by atoms with Gasteiger partial charge in [-0.1, -0.05) is 0 Å². The number of hydrogen-bond donors (Lipinski definition) is 2. The molecule has 2 saturated heterocycles. The third kappa shape index (κ3) is 3.01. The van der Waals surface area contributed by atoms with Gasteiger partial charge < -0.3 is 24.3 Å². The van der Waals surface area contributed by atoms with Crippen molar-refractivity contribution in [2.45, 2.75) is 48.2 Å². The molecule has 2 N–H and O–H groups in total. The van der Waals surface area contributed by atoms with Crippen LogP contribution in [-0.2, 0) is 23.9 Å². The maximum absolute atomic E-state index is 12.2. The van der Waals surface area contributed by atoms with Gasteiger partial charge >= 0.3 is 5.97 Å². The fourth-order valence-corrected chi connectivity index (χ4v) is 4.19. The predicted octanol–water partition coefficient (Wildman–Crippen LogP) is -0.778. The number of hydrogen-bond acceptors (Lipinski definition) is 7. The number of nitrogens with zero attached hydrogens (tertiary/aromatic N) is 1. The van der Waals surface area contributed by atoms with E-state index in [4.69, 9.17) is 4.74 Å². The number of thioether (sulfide) groups is 1. The fourth-order valence-electron chi connectivity index (χ4n) is 2.68. The molecule has 8 nitrogen and oxygen atoms in total. The van der Waals surface area contributed by atoms with Crippen LogP contribution in [0.15, 0.2) is 0 Å². The summed E-state index contributed by atoms with van der Waals surface area (Å²) in [5.41, 5.74) is -0.622. The molecular formula is C13H18N2O6S. The summed E-state index contributed by atoms with van der Waals surface area (Å²) in [6.45, 7) is 0. The highest BCUT2D eigenvalue weighted by Gasteiger charge is 2.61. The van der Waals surface area contributed by atoms with E-state index in [1.807, 2.05) is 0 Å². The second kappa shape index (κ2) is 7.21. The lowest BCUT2D eigenvalue weighted by Gasteiger charge is -2.44. The Morgan fingerprint density at radius 2 is 2.27 bits per heavy atom. The van der Waals surface area contributed by atoms with Gasteiger partial charge in [-0.05, 0) is 12.8 Å². The Bertz CT molecular complexity index is 473. The van der Waals surface area contributed by atoms with Crippen LogP contribution < -0.4 is 5.32 Å². The first-order valence-corrected chi connectivity index (χ1v) is 7.87. The number of carbonyl (C=O) groups excluding carboxylic acids is 3. The van der Waals surface area contributed by atoms with Crippen molar-refractivity contribution in [1.29, 1.82) is 0 Å². The van der Waals surface area contributed by atoms with Crippen molar-refractivity contribution >= 4 is 36.2 Å². The van der Waals surface area contributed by atoms with Gasteiger partial charge in [0.2, 0.25) is 5.91 Å². The van der Waals surface area contributed by atoms with E-state index in [-0.39, 0.29) is 11.3 Å². The van der Waals surface area contributed by atoms with Gasteiger partial charge in [-0.2, -0.15) is 0 Å². The van der Waals surface area contributed by atoms with E-state index < -0.39 is 29.5 Å². The average molecular weight is 330 g/mol. The van der Waals surface area contributed by atoms with E-state index in [2.05, 4.69) is 5.32 Å². The van der Waals surface area contributed by atoms with E-state index in [0.29, 0.717) is 25.5 Å². The third-order valence-corrected chi connectivity index (χ3v) is 5.29. The van der Waals surface area contributed by atoms with E-state index in [0.717, 1.165) is 6.29 Å². The zero-order valence-corrected chi connectivity index (χ0v) is 12.8. The molecule has 2 fully saturated rings. The van der Waals surface area contributed by atoms with Gasteiger partial charge in [-0.25, -0.2) is 4.79 Å². The molecule has 0 aromatic carbocycles. The Hall–Kier alpha value is -1.45. The lowest BCUT2D eigenvalue weighted by molar-refractivity contribution is -0.162. The Kier molecular flexibility index (Phi) is 5.54. The Morgan fingerprint density at radius 3 is 2.82 bits per heavy atom. The molecule has 122 valence electrons. The molecule has 5 atom stereocenters. The SMILES string of the molecule is COC1S[C@H]2C(NC(C=O)CCCC=O)C(=O)N2C1C(=O)O. The number of unbranched alkanes of at least 4 members (excludes halogenated alkanes) is 1. The zero-order valence-electron chi connectivity index (χ0n) is 12.0. The van der Waals surface area contributed by atoms with Gasteiger partial charge in [-0.15, -0.1) is 11.8 Å². The van der Waals surface area contributed by atoms with Crippen molar-refractivity contribution in [3.8, 4) is 0 Å². The molecule has 0 aromatic heterocycles. The number of methoxy groups -OCH3 is 1. The minimum atomic E-state index is -1.11. The highest BCUT2D eigenvalue weighted by atomic mass is 32.2. The van der Waals surface area contributed by atoms with E-state index in [1.165, 1.54) is 23.8 Å². The zero-order chi connectivity index (χ0) is 16.3. The molecule has 0 aromatic rings. The Labute approximate surface area is 131 Å². The summed E-state index contributed by atoms with van der Waals surface area (Å²) in [4.78, 5) is 46.1. The van der Waals surface area contributed by atoms with Gasteiger partial charge in [0, 0.05) is 13.5 Å². The van der Waals surface area contributed by atoms with Crippen LogP contribution in [-0.4, -0.2) is 70.5 Å². The number of aliphatic carboxylic acids is 1. The number of fused-ring (bicyclic) bond motifs is 1. The van der Waals surface area contributed by atoms with Crippen LogP contribution in [0, 0.1) is 0 Å². The normalized spacial score (nSPS) is 31.3. The van der Waals surface area contributed by atoms with Crippen LogP contribution in [0.5, 0.6) is 0 Å². The second-order valence-corrected chi connectivity index (χ2v) is 6.36. The molecule has 2 aliphatic heterocycles. The lowest BCUT2D eigenvalue weighted by atomic mass is 10.0. The number of β-lactam (4-membered cyclic amide) rings is 1. The van der Waals surface area contributed by atoms with Crippen molar-refractivity contribution in [3.05, 3.63) is 0 Å². The van der Waals surface area contributed by atoms with Gasteiger partial charge in [0.1, 0.15) is 29.4 Å². The van der Waals surface area contributed by atoms with Crippen molar-refractivity contribution < 1.29 is 29.0 Å². The first-order chi connectivity index (χ1) is 10.5. The molecule has 2 aliphatic rings. The molecule has 0 aliphatic carbocycles. The maximum atomic E-state index is 12.2. The number of rotatable bonds is 9. The summed E-state index contributed by atoms with van der Waals surface area (Å²) in [5.74, 6) is -1.45. The summed E-state index contributed by atoms with van der Waals surface area (Å²) < 4.78 is 5.13. The van der Waals surface area contributed by atoms with Crippen molar-refractivity contribution in [2.24, 2.45) is 0 Å². The van der Waals surface area contributed by atoms with Crippen molar-refractivity contribution in [1.82, 2.24) is 10.2 Å². The fraction of sp³-hybridized carbons (Fsp3) is 0.692. The summed E-state index contributed by atoms with van der Waals surface area (Å²) in [7, 11) is 1.40. The number of ether oxygens (including phenoxy) is 1. The molecule has 2 rings (SSSR count). The topological polar surface area (TPSA) is 113 Å². The average Bonchev–Trinajstić information content (AvgIpc) is 2.86. The number of amides is 1. The highest BCUT2D eigenvalue weighted by Crippen LogP contribution is 2.44. The minimum Gasteiger partial charge on any atom is -0.480 e. The van der Waals surface area contributed by atoms with Crippen LogP contribution in [0.1, 0.15) is 19.3 Å². The summed E-state index contributed by atoms with van der Waals surface area (Å²) in [6, 6.07) is -2.13. The first kappa shape index (κ1) is 16.9.